The zero-order valence-electron chi connectivity index (χ0n) is 7.26. The van der Waals surface area contributed by atoms with E-state index in [4.69, 9.17) is 0 Å². The molecule has 1 rings (SSSR count). The number of carbonyl (C=O) groups excluding carboxylic acids is 1. The van der Waals surface area contributed by atoms with Crippen LogP contribution < -0.4 is 10.7 Å². The van der Waals surface area contributed by atoms with E-state index in [-0.39, 0.29) is 11.3 Å². The molecule has 0 aromatic heterocycles. The van der Waals surface area contributed by atoms with Gasteiger partial charge in [-0.25, -0.2) is 0 Å². The summed E-state index contributed by atoms with van der Waals surface area (Å²) in [5, 5.41) is 7.61. The summed E-state index contributed by atoms with van der Waals surface area (Å²) in [5.74, 6) is 0.0413. The van der Waals surface area contributed by atoms with Gasteiger partial charge in [0, 0.05) is 6.42 Å². The third kappa shape index (κ3) is 2.73. The van der Waals surface area contributed by atoms with E-state index in [1.54, 1.807) is 0 Å². The minimum absolute atomic E-state index is 0.0413. The summed E-state index contributed by atoms with van der Waals surface area (Å²) in [6.07, 6.45) is 1.43. The normalized spacial score (nSPS) is 21.5. The first-order chi connectivity index (χ1) is 5.72. The fraction of sp³-hybridized carbons (Fsp3) is 0.714. The Labute approximate surface area is 76.2 Å². The van der Waals surface area contributed by atoms with Gasteiger partial charge in [0.25, 0.3) is 0 Å². The third-order valence-electron chi connectivity index (χ3n) is 1.36. The number of hydrogen-bond acceptors (Lipinski definition) is 4. The number of amidine groups is 1. The van der Waals surface area contributed by atoms with Gasteiger partial charge in [0.05, 0.1) is 5.37 Å². The van der Waals surface area contributed by atoms with Crippen LogP contribution in [0.15, 0.2) is 5.10 Å². The highest BCUT2D eigenvalue weighted by atomic mass is 32.2. The van der Waals surface area contributed by atoms with Gasteiger partial charge in [-0.15, -0.1) is 0 Å². The van der Waals surface area contributed by atoms with Gasteiger partial charge in [0.15, 0.2) is 5.17 Å². The topological polar surface area (TPSA) is 53.5 Å². The molecule has 68 valence electrons. The average molecular weight is 187 g/mol. The Balaban J connectivity index is 2.27. The molecule has 4 nitrogen and oxygen atoms in total. The SMILES string of the molecule is CCCC(=O)NC1=NNC(C)S1. The third-order valence-corrected chi connectivity index (χ3v) is 2.24. The van der Waals surface area contributed by atoms with Crippen molar-refractivity contribution >= 4 is 22.8 Å². The maximum absolute atomic E-state index is 11.1. The van der Waals surface area contributed by atoms with Gasteiger partial charge in [-0.1, -0.05) is 18.7 Å². The average Bonchev–Trinajstić information content (AvgIpc) is 2.36. The first kappa shape index (κ1) is 9.38. The molecule has 0 aromatic rings. The van der Waals surface area contributed by atoms with Crippen LogP contribution in [0, 0.1) is 0 Å². The Hall–Kier alpha value is -0.710. The van der Waals surface area contributed by atoms with Crippen molar-refractivity contribution in [1.82, 2.24) is 10.7 Å². The molecule has 0 spiro atoms. The van der Waals surface area contributed by atoms with Crippen molar-refractivity contribution in [2.24, 2.45) is 5.10 Å². The summed E-state index contributed by atoms with van der Waals surface area (Å²) in [6.45, 7) is 3.97. The van der Waals surface area contributed by atoms with Crippen molar-refractivity contribution in [2.75, 3.05) is 0 Å². The van der Waals surface area contributed by atoms with Crippen LogP contribution in [0.5, 0.6) is 0 Å². The summed E-state index contributed by atoms with van der Waals surface area (Å²) < 4.78 is 0. The maximum atomic E-state index is 11.1. The molecule has 0 fully saturated rings. The molecule has 0 aliphatic carbocycles. The Morgan fingerprint density at radius 1 is 1.83 bits per heavy atom. The van der Waals surface area contributed by atoms with Crippen LogP contribution in [0.3, 0.4) is 0 Å². The zero-order chi connectivity index (χ0) is 8.97. The molecule has 1 amide bonds. The molecule has 2 N–H and O–H groups in total. The summed E-state index contributed by atoms with van der Waals surface area (Å²) in [5.41, 5.74) is 2.85. The van der Waals surface area contributed by atoms with Gasteiger partial charge in [-0.05, 0) is 13.3 Å². The quantitative estimate of drug-likeness (QED) is 0.674. The minimum Gasteiger partial charge on any atom is -0.304 e. The van der Waals surface area contributed by atoms with E-state index in [1.807, 2.05) is 13.8 Å². The Morgan fingerprint density at radius 2 is 2.58 bits per heavy atom. The number of amides is 1. The van der Waals surface area contributed by atoms with E-state index in [0.717, 1.165) is 6.42 Å². The molecule has 5 heteroatoms. The van der Waals surface area contributed by atoms with Crippen LogP contribution in [0.2, 0.25) is 0 Å². The smallest absolute Gasteiger partial charge is 0.225 e. The van der Waals surface area contributed by atoms with Crippen molar-refractivity contribution in [2.45, 2.75) is 32.1 Å². The summed E-state index contributed by atoms with van der Waals surface area (Å²) in [4.78, 5) is 11.1. The highest BCUT2D eigenvalue weighted by molar-refractivity contribution is 8.14. The van der Waals surface area contributed by atoms with Gasteiger partial charge >= 0.3 is 0 Å². The summed E-state index contributed by atoms with van der Waals surface area (Å²) >= 11 is 1.53. The summed E-state index contributed by atoms with van der Waals surface area (Å²) in [6, 6.07) is 0. The lowest BCUT2D eigenvalue weighted by atomic mass is 10.3. The van der Waals surface area contributed by atoms with Gasteiger partial charge < -0.3 is 5.32 Å². The van der Waals surface area contributed by atoms with E-state index >= 15 is 0 Å². The molecule has 1 aliphatic heterocycles. The predicted octanol–water partition coefficient (Wildman–Crippen LogP) is 0.856. The second kappa shape index (κ2) is 4.35. The van der Waals surface area contributed by atoms with E-state index in [9.17, 15) is 4.79 Å². The summed E-state index contributed by atoms with van der Waals surface area (Å²) in [7, 11) is 0. The maximum Gasteiger partial charge on any atom is 0.225 e. The number of hydrazone groups is 1. The van der Waals surface area contributed by atoms with Gasteiger partial charge in [-0.3, -0.25) is 10.2 Å². The second-order valence-electron chi connectivity index (χ2n) is 2.60. The van der Waals surface area contributed by atoms with Crippen LogP contribution >= 0.6 is 11.8 Å². The van der Waals surface area contributed by atoms with Gasteiger partial charge in [-0.2, -0.15) is 5.10 Å². The van der Waals surface area contributed by atoms with Gasteiger partial charge in [0.2, 0.25) is 5.91 Å². The Morgan fingerprint density at radius 3 is 3.08 bits per heavy atom. The molecule has 1 heterocycles. The lowest BCUT2D eigenvalue weighted by Crippen LogP contribution is -2.26. The second-order valence-corrected chi connectivity index (χ2v) is 3.93. The lowest BCUT2D eigenvalue weighted by Gasteiger charge is -2.01. The van der Waals surface area contributed by atoms with Crippen LogP contribution in [-0.4, -0.2) is 16.4 Å². The molecular formula is C7H13N3OS. The number of rotatable bonds is 2. The highest BCUT2D eigenvalue weighted by Gasteiger charge is 2.15. The van der Waals surface area contributed by atoms with Crippen molar-refractivity contribution in [3.05, 3.63) is 0 Å². The van der Waals surface area contributed by atoms with E-state index in [0.29, 0.717) is 11.6 Å². The zero-order valence-corrected chi connectivity index (χ0v) is 8.07. The molecule has 1 atom stereocenters. The molecule has 0 aromatic carbocycles. The molecule has 0 radical (unpaired) electrons. The van der Waals surface area contributed by atoms with Crippen LogP contribution in [0.4, 0.5) is 0 Å². The standard InChI is InChI=1S/C7H13N3OS/c1-3-4-6(11)8-7-10-9-5(2)12-7/h5,9H,3-4H2,1-2H3,(H,8,10,11). The number of hydrogen-bond donors (Lipinski definition) is 2. The number of nitrogens with zero attached hydrogens (tertiary/aromatic N) is 1. The van der Waals surface area contributed by atoms with Crippen LogP contribution in [-0.2, 0) is 4.79 Å². The molecule has 0 saturated heterocycles. The molecule has 1 unspecified atom stereocenters. The number of nitrogens with one attached hydrogen (secondary N) is 2. The first-order valence-corrected chi connectivity index (χ1v) is 4.90. The van der Waals surface area contributed by atoms with E-state index < -0.39 is 0 Å². The van der Waals surface area contributed by atoms with Crippen molar-refractivity contribution in [3.63, 3.8) is 0 Å². The molecule has 0 bridgehead atoms. The predicted molar refractivity (Wildman–Crippen MR) is 50.7 cm³/mol. The minimum atomic E-state index is 0.0413. The number of carbonyl (C=O) groups is 1. The lowest BCUT2D eigenvalue weighted by molar-refractivity contribution is -0.119. The van der Waals surface area contributed by atoms with E-state index in [1.165, 1.54) is 11.8 Å². The Bertz CT molecular complexity index is 205. The van der Waals surface area contributed by atoms with Crippen molar-refractivity contribution in [1.29, 1.82) is 0 Å². The van der Waals surface area contributed by atoms with Crippen LogP contribution in [0.1, 0.15) is 26.7 Å². The monoisotopic (exact) mass is 187 g/mol. The fourth-order valence-corrected chi connectivity index (χ4v) is 1.55. The number of thioether (sulfide) groups is 1. The van der Waals surface area contributed by atoms with Crippen LogP contribution in [0.25, 0.3) is 0 Å². The van der Waals surface area contributed by atoms with E-state index in [2.05, 4.69) is 15.8 Å². The van der Waals surface area contributed by atoms with Gasteiger partial charge in [0.1, 0.15) is 0 Å². The largest absolute Gasteiger partial charge is 0.304 e. The first-order valence-electron chi connectivity index (χ1n) is 4.02. The molecular weight excluding hydrogens is 174 g/mol. The van der Waals surface area contributed by atoms with Crippen molar-refractivity contribution in [3.8, 4) is 0 Å². The molecule has 1 aliphatic rings. The fourth-order valence-electron chi connectivity index (χ4n) is 0.836. The molecule has 12 heavy (non-hydrogen) atoms. The Kier molecular flexibility index (Phi) is 3.40. The highest BCUT2D eigenvalue weighted by Crippen LogP contribution is 2.13. The molecule has 0 saturated carbocycles. The van der Waals surface area contributed by atoms with Crippen molar-refractivity contribution < 1.29 is 4.79 Å².